The van der Waals surface area contributed by atoms with Gasteiger partial charge in [0.25, 0.3) is 0 Å². The van der Waals surface area contributed by atoms with Gasteiger partial charge in [0.15, 0.2) is 11.5 Å². The Morgan fingerprint density at radius 2 is 2.09 bits per heavy atom. The first kappa shape index (κ1) is 15.6. The molecule has 3 aromatic rings. The highest BCUT2D eigenvalue weighted by molar-refractivity contribution is 6.29. The highest BCUT2D eigenvalue weighted by Crippen LogP contribution is 2.24. The van der Waals surface area contributed by atoms with Crippen molar-refractivity contribution in [2.75, 3.05) is 12.4 Å². The number of nitrogens with zero attached hydrogens (tertiary/aromatic N) is 3. The number of halogens is 1. The lowest BCUT2D eigenvalue weighted by molar-refractivity contribution is 0.410. The van der Waals surface area contributed by atoms with Gasteiger partial charge in [0.1, 0.15) is 10.9 Å². The van der Waals surface area contributed by atoms with Gasteiger partial charge in [-0.05, 0) is 12.0 Å². The number of nitrogens with one attached hydrogen (secondary N) is 1. The Hall–Kier alpha value is -2.27. The van der Waals surface area contributed by atoms with E-state index in [1.807, 2.05) is 34.9 Å². The Bertz CT molecular complexity index is 829. The molecule has 0 fully saturated rings. The molecule has 1 N–H and O–H groups in total. The minimum Gasteiger partial charge on any atom is -0.496 e. The standard InChI is InChI=1S/C17H19ClN4O/c1-11(2)13-9-20-17-16(21-15(18)10-22(13)17)19-8-12-6-4-5-7-14(12)23-3/h4-7,9-11H,8H2,1-3H3,(H,19,21). The average molecular weight is 331 g/mol. The first-order chi connectivity index (χ1) is 11.1. The van der Waals surface area contributed by atoms with Crippen molar-refractivity contribution in [3.63, 3.8) is 0 Å². The van der Waals surface area contributed by atoms with E-state index in [4.69, 9.17) is 16.3 Å². The van der Waals surface area contributed by atoms with Crippen molar-refractivity contribution in [1.82, 2.24) is 14.4 Å². The van der Waals surface area contributed by atoms with Crippen molar-refractivity contribution in [3.05, 3.63) is 53.1 Å². The van der Waals surface area contributed by atoms with Gasteiger partial charge in [-0.2, -0.15) is 0 Å². The number of aromatic nitrogens is 3. The summed E-state index contributed by atoms with van der Waals surface area (Å²) < 4.78 is 7.36. The summed E-state index contributed by atoms with van der Waals surface area (Å²) in [6, 6.07) is 7.87. The summed E-state index contributed by atoms with van der Waals surface area (Å²) in [6.07, 6.45) is 3.67. The predicted octanol–water partition coefficient (Wildman–Crippen LogP) is 4.13. The van der Waals surface area contributed by atoms with Crippen LogP contribution in [0.5, 0.6) is 5.75 Å². The highest BCUT2D eigenvalue weighted by atomic mass is 35.5. The second kappa shape index (κ2) is 6.46. The molecule has 0 aliphatic carbocycles. The molecular weight excluding hydrogens is 312 g/mol. The summed E-state index contributed by atoms with van der Waals surface area (Å²) in [4.78, 5) is 8.86. The van der Waals surface area contributed by atoms with Crippen molar-refractivity contribution in [2.24, 2.45) is 0 Å². The fourth-order valence-electron chi connectivity index (χ4n) is 2.55. The van der Waals surface area contributed by atoms with Crippen LogP contribution in [0.4, 0.5) is 5.82 Å². The van der Waals surface area contributed by atoms with Crippen molar-refractivity contribution in [3.8, 4) is 5.75 Å². The number of para-hydroxylation sites is 1. The van der Waals surface area contributed by atoms with E-state index in [1.165, 1.54) is 0 Å². The number of benzene rings is 1. The number of methoxy groups -OCH3 is 1. The molecule has 2 heterocycles. The minimum absolute atomic E-state index is 0.352. The van der Waals surface area contributed by atoms with Gasteiger partial charge in [-0.15, -0.1) is 0 Å². The summed E-state index contributed by atoms with van der Waals surface area (Å²) in [7, 11) is 1.66. The third-order valence-electron chi connectivity index (χ3n) is 3.72. The molecule has 23 heavy (non-hydrogen) atoms. The number of anilines is 1. The molecule has 0 saturated heterocycles. The van der Waals surface area contributed by atoms with Gasteiger partial charge in [-0.3, -0.25) is 4.40 Å². The van der Waals surface area contributed by atoms with E-state index in [9.17, 15) is 0 Å². The van der Waals surface area contributed by atoms with E-state index in [-0.39, 0.29) is 0 Å². The van der Waals surface area contributed by atoms with Crippen LogP contribution in [0.25, 0.3) is 5.65 Å². The molecule has 0 saturated carbocycles. The van der Waals surface area contributed by atoms with Crippen molar-refractivity contribution < 1.29 is 4.74 Å². The van der Waals surface area contributed by atoms with E-state index in [0.29, 0.717) is 23.4 Å². The van der Waals surface area contributed by atoms with E-state index < -0.39 is 0 Å². The van der Waals surface area contributed by atoms with Crippen LogP contribution in [0.3, 0.4) is 0 Å². The molecule has 0 unspecified atom stereocenters. The molecular formula is C17H19ClN4O. The molecule has 2 aromatic heterocycles. The van der Waals surface area contributed by atoms with Gasteiger partial charge in [-0.1, -0.05) is 43.6 Å². The molecule has 5 nitrogen and oxygen atoms in total. The Kier molecular flexibility index (Phi) is 4.39. The summed E-state index contributed by atoms with van der Waals surface area (Å²) in [5.74, 6) is 1.85. The zero-order valence-corrected chi connectivity index (χ0v) is 14.1. The van der Waals surface area contributed by atoms with Crippen LogP contribution in [0.15, 0.2) is 36.7 Å². The number of ether oxygens (including phenoxy) is 1. The zero-order chi connectivity index (χ0) is 16.4. The summed E-state index contributed by atoms with van der Waals surface area (Å²) in [5.41, 5.74) is 2.92. The number of imidazole rings is 1. The first-order valence-corrected chi connectivity index (χ1v) is 7.87. The minimum atomic E-state index is 0.352. The zero-order valence-electron chi connectivity index (χ0n) is 13.4. The topological polar surface area (TPSA) is 51.5 Å². The molecule has 0 bridgehead atoms. The average Bonchev–Trinajstić information content (AvgIpc) is 2.96. The second-order valence-corrected chi connectivity index (χ2v) is 6.00. The van der Waals surface area contributed by atoms with Crippen molar-refractivity contribution in [2.45, 2.75) is 26.3 Å². The Labute approximate surface area is 140 Å². The largest absolute Gasteiger partial charge is 0.496 e. The van der Waals surface area contributed by atoms with Gasteiger partial charge >= 0.3 is 0 Å². The van der Waals surface area contributed by atoms with Crippen LogP contribution in [-0.4, -0.2) is 21.5 Å². The maximum Gasteiger partial charge on any atom is 0.180 e. The number of rotatable bonds is 5. The maximum atomic E-state index is 6.17. The first-order valence-electron chi connectivity index (χ1n) is 7.49. The molecule has 0 aliphatic rings. The smallest absolute Gasteiger partial charge is 0.180 e. The Morgan fingerprint density at radius 3 is 2.83 bits per heavy atom. The van der Waals surface area contributed by atoms with Gasteiger partial charge < -0.3 is 10.1 Å². The van der Waals surface area contributed by atoms with E-state index >= 15 is 0 Å². The van der Waals surface area contributed by atoms with Gasteiger partial charge in [0.05, 0.1) is 7.11 Å². The number of hydrogen-bond acceptors (Lipinski definition) is 4. The summed E-state index contributed by atoms with van der Waals surface area (Å²) in [5, 5.41) is 3.74. The molecule has 0 radical (unpaired) electrons. The lowest BCUT2D eigenvalue weighted by Crippen LogP contribution is -2.06. The molecule has 6 heteroatoms. The third kappa shape index (κ3) is 3.10. The van der Waals surface area contributed by atoms with Crippen LogP contribution < -0.4 is 10.1 Å². The Balaban J connectivity index is 1.94. The predicted molar refractivity (Wildman–Crippen MR) is 92.4 cm³/mol. The molecule has 120 valence electrons. The third-order valence-corrected chi connectivity index (χ3v) is 3.90. The normalized spacial score (nSPS) is 11.2. The maximum absolute atomic E-state index is 6.17. The SMILES string of the molecule is COc1ccccc1CNc1nc(Cl)cn2c(C(C)C)cnc12. The van der Waals surface area contributed by atoms with E-state index in [1.54, 1.807) is 13.3 Å². The number of fused-ring (bicyclic) bond motifs is 1. The van der Waals surface area contributed by atoms with Gasteiger partial charge in [-0.25, -0.2) is 9.97 Å². The Morgan fingerprint density at radius 1 is 1.30 bits per heavy atom. The van der Waals surface area contributed by atoms with Gasteiger partial charge in [0, 0.05) is 30.2 Å². The van der Waals surface area contributed by atoms with Crippen molar-refractivity contribution >= 4 is 23.1 Å². The second-order valence-electron chi connectivity index (χ2n) is 5.61. The van der Waals surface area contributed by atoms with E-state index in [0.717, 1.165) is 22.7 Å². The van der Waals surface area contributed by atoms with Crippen LogP contribution >= 0.6 is 11.6 Å². The highest BCUT2D eigenvalue weighted by Gasteiger charge is 2.13. The van der Waals surface area contributed by atoms with E-state index in [2.05, 4.69) is 29.1 Å². The lowest BCUT2D eigenvalue weighted by Gasteiger charge is -2.12. The van der Waals surface area contributed by atoms with Crippen LogP contribution in [0.1, 0.15) is 31.0 Å². The quantitative estimate of drug-likeness (QED) is 0.764. The number of hydrogen-bond donors (Lipinski definition) is 1. The van der Waals surface area contributed by atoms with Crippen LogP contribution in [-0.2, 0) is 6.54 Å². The summed E-state index contributed by atoms with van der Waals surface area (Å²) in [6.45, 7) is 4.83. The fraction of sp³-hybridized carbons (Fsp3) is 0.294. The molecule has 1 aromatic carbocycles. The van der Waals surface area contributed by atoms with Crippen LogP contribution in [0, 0.1) is 0 Å². The van der Waals surface area contributed by atoms with Crippen LogP contribution in [0.2, 0.25) is 5.15 Å². The fourth-order valence-corrected chi connectivity index (χ4v) is 2.73. The van der Waals surface area contributed by atoms with Gasteiger partial charge in [0.2, 0.25) is 0 Å². The van der Waals surface area contributed by atoms with Crippen molar-refractivity contribution in [1.29, 1.82) is 0 Å². The molecule has 0 aliphatic heterocycles. The monoisotopic (exact) mass is 330 g/mol. The lowest BCUT2D eigenvalue weighted by atomic mass is 10.1. The molecule has 3 rings (SSSR count). The summed E-state index contributed by atoms with van der Waals surface area (Å²) >= 11 is 6.17. The molecule has 0 amide bonds. The molecule has 0 spiro atoms. The molecule has 0 atom stereocenters.